The third kappa shape index (κ3) is 4.96. The topological polar surface area (TPSA) is 70.6 Å². The molecule has 120 valence electrons. The lowest BCUT2D eigenvalue weighted by molar-refractivity contribution is -0.115. The van der Waals surface area contributed by atoms with Crippen molar-refractivity contribution >= 4 is 34.6 Å². The van der Waals surface area contributed by atoms with Gasteiger partial charge in [-0.1, -0.05) is 6.07 Å². The summed E-state index contributed by atoms with van der Waals surface area (Å²) in [7, 11) is 0. The summed E-state index contributed by atoms with van der Waals surface area (Å²) in [5, 5.41) is 7.88. The molecule has 1 heterocycles. The third-order valence-electron chi connectivity index (χ3n) is 2.71. The van der Waals surface area contributed by atoms with Crippen LogP contribution in [-0.4, -0.2) is 17.5 Å². The van der Waals surface area contributed by atoms with Crippen LogP contribution in [0.1, 0.15) is 23.0 Å². The number of nitrogens with zero attached hydrogens (tertiary/aromatic N) is 1. The summed E-state index contributed by atoms with van der Waals surface area (Å²) in [5.74, 6) is -2.49. The molecular weight excluding hydrogens is 324 g/mol. The first kappa shape index (κ1) is 16.8. The molecule has 2 amide bonds. The van der Waals surface area contributed by atoms with Crippen LogP contribution in [-0.2, 0) is 4.79 Å². The predicted molar refractivity (Wildman–Crippen MR) is 84.5 cm³/mol. The fourth-order valence-electron chi connectivity index (χ4n) is 1.67. The first-order valence-electron chi connectivity index (χ1n) is 6.57. The van der Waals surface area contributed by atoms with E-state index in [2.05, 4.69) is 15.8 Å². The van der Waals surface area contributed by atoms with Gasteiger partial charge in [-0.25, -0.2) is 14.2 Å². The van der Waals surface area contributed by atoms with Crippen LogP contribution >= 0.6 is 11.3 Å². The van der Waals surface area contributed by atoms with Crippen molar-refractivity contribution in [2.45, 2.75) is 13.3 Å². The molecule has 0 aliphatic heterocycles. The zero-order chi connectivity index (χ0) is 16.8. The maximum Gasteiger partial charge on any atom is 0.281 e. The summed E-state index contributed by atoms with van der Waals surface area (Å²) in [5.41, 5.74) is 2.55. The summed E-state index contributed by atoms with van der Waals surface area (Å²) in [6.07, 6.45) is -0.137. The Balaban J connectivity index is 1.89. The highest BCUT2D eigenvalue weighted by Crippen LogP contribution is 2.15. The minimum absolute atomic E-state index is 0.119. The van der Waals surface area contributed by atoms with E-state index in [-0.39, 0.29) is 18.0 Å². The molecule has 2 aromatic rings. The van der Waals surface area contributed by atoms with E-state index < -0.39 is 17.5 Å². The summed E-state index contributed by atoms with van der Waals surface area (Å²) in [4.78, 5) is 23.9. The van der Waals surface area contributed by atoms with E-state index in [0.29, 0.717) is 16.7 Å². The highest BCUT2D eigenvalue weighted by Gasteiger charge is 2.10. The Morgan fingerprint density at radius 3 is 2.70 bits per heavy atom. The van der Waals surface area contributed by atoms with Crippen LogP contribution in [0.15, 0.2) is 40.8 Å². The second kappa shape index (κ2) is 7.59. The Bertz CT molecular complexity index is 745. The lowest BCUT2D eigenvalue weighted by atomic mass is 10.2. The molecule has 0 aliphatic carbocycles. The van der Waals surface area contributed by atoms with Gasteiger partial charge in [-0.15, -0.1) is 11.3 Å². The number of benzene rings is 1. The van der Waals surface area contributed by atoms with Crippen LogP contribution < -0.4 is 10.7 Å². The lowest BCUT2D eigenvalue weighted by Crippen LogP contribution is -2.21. The number of carbonyl (C=O) groups excluding carboxylic acids is 2. The number of carbonyl (C=O) groups is 2. The molecule has 5 nitrogen and oxygen atoms in total. The second-order valence-electron chi connectivity index (χ2n) is 4.61. The fraction of sp³-hybridized carbons (Fsp3) is 0.133. The van der Waals surface area contributed by atoms with E-state index in [9.17, 15) is 18.4 Å². The minimum Gasteiger partial charge on any atom is -0.323 e. The molecule has 0 radical (unpaired) electrons. The van der Waals surface area contributed by atoms with E-state index in [0.717, 1.165) is 12.1 Å². The van der Waals surface area contributed by atoms with Gasteiger partial charge in [0.05, 0.1) is 17.0 Å². The average molecular weight is 337 g/mol. The fourth-order valence-corrected chi connectivity index (χ4v) is 2.28. The van der Waals surface area contributed by atoms with E-state index in [4.69, 9.17) is 0 Å². The van der Waals surface area contributed by atoms with Crippen molar-refractivity contribution in [1.29, 1.82) is 0 Å². The highest BCUT2D eigenvalue weighted by atomic mass is 32.1. The number of rotatable bonds is 5. The summed E-state index contributed by atoms with van der Waals surface area (Å²) in [6.45, 7) is 1.55. The highest BCUT2D eigenvalue weighted by molar-refractivity contribution is 7.12. The molecule has 0 fully saturated rings. The van der Waals surface area contributed by atoms with Crippen LogP contribution in [0.4, 0.5) is 14.5 Å². The first-order chi connectivity index (χ1) is 11.0. The van der Waals surface area contributed by atoms with Gasteiger partial charge in [-0.2, -0.15) is 5.10 Å². The van der Waals surface area contributed by atoms with Crippen molar-refractivity contribution in [2.24, 2.45) is 5.10 Å². The summed E-state index contributed by atoms with van der Waals surface area (Å²) < 4.78 is 26.2. The van der Waals surface area contributed by atoms with E-state index in [1.165, 1.54) is 11.3 Å². The summed E-state index contributed by atoms with van der Waals surface area (Å²) in [6, 6.07) is 6.24. The number of hydrazone groups is 1. The lowest BCUT2D eigenvalue weighted by Gasteiger charge is -2.06. The van der Waals surface area contributed by atoms with E-state index in [1.807, 2.05) is 0 Å². The van der Waals surface area contributed by atoms with Crippen LogP contribution in [0, 0.1) is 11.6 Å². The van der Waals surface area contributed by atoms with Gasteiger partial charge in [0.1, 0.15) is 11.6 Å². The van der Waals surface area contributed by atoms with Gasteiger partial charge < -0.3 is 5.32 Å². The van der Waals surface area contributed by atoms with Crippen LogP contribution in [0.2, 0.25) is 0 Å². The third-order valence-corrected chi connectivity index (χ3v) is 3.58. The Labute approximate surface area is 135 Å². The SMILES string of the molecule is C/C(CC(=O)Nc1ccc(F)cc1F)=N/NC(=O)c1cccs1. The number of amides is 2. The molecule has 0 saturated carbocycles. The smallest absolute Gasteiger partial charge is 0.281 e. The molecule has 1 aromatic heterocycles. The van der Waals surface area contributed by atoms with Crippen LogP contribution in [0.25, 0.3) is 0 Å². The van der Waals surface area contributed by atoms with Gasteiger partial charge >= 0.3 is 0 Å². The Kier molecular flexibility index (Phi) is 5.53. The Hall–Kier alpha value is -2.61. The Morgan fingerprint density at radius 1 is 1.26 bits per heavy atom. The van der Waals surface area contributed by atoms with Gasteiger partial charge in [0.25, 0.3) is 5.91 Å². The van der Waals surface area contributed by atoms with Gasteiger partial charge in [-0.05, 0) is 30.5 Å². The van der Waals surface area contributed by atoms with Crippen molar-refractivity contribution in [2.75, 3.05) is 5.32 Å². The van der Waals surface area contributed by atoms with E-state index >= 15 is 0 Å². The maximum atomic E-state index is 13.4. The van der Waals surface area contributed by atoms with Crippen LogP contribution in [0.5, 0.6) is 0 Å². The van der Waals surface area contributed by atoms with Crippen molar-refractivity contribution in [1.82, 2.24) is 5.43 Å². The van der Waals surface area contributed by atoms with Gasteiger partial charge in [0, 0.05) is 11.8 Å². The molecule has 2 rings (SSSR count). The standard InChI is InChI=1S/C15H13F2N3O2S/c1-9(19-20-15(22)13-3-2-6-23-13)7-14(21)18-12-5-4-10(16)8-11(12)17/h2-6,8H,7H2,1H3,(H,18,21)(H,20,22)/b19-9-. The first-order valence-corrected chi connectivity index (χ1v) is 7.45. The maximum absolute atomic E-state index is 13.4. The number of thiophene rings is 1. The average Bonchev–Trinajstić information content (AvgIpc) is 3.02. The van der Waals surface area contributed by atoms with E-state index in [1.54, 1.807) is 24.4 Å². The molecule has 23 heavy (non-hydrogen) atoms. The molecular formula is C15H13F2N3O2S. The van der Waals surface area contributed by atoms with Crippen molar-refractivity contribution < 1.29 is 18.4 Å². The van der Waals surface area contributed by atoms with Gasteiger partial charge in [-0.3, -0.25) is 9.59 Å². The number of hydrogen-bond donors (Lipinski definition) is 2. The molecule has 0 unspecified atom stereocenters. The van der Waals surface area contributed by atoms with Crippen molar-refractivity contribution in [3.05, 3.63) is 52.2 Å². The van der Waals surface area contributed by atoms with Gasteiger partial charge in [0.15, 0.2) is 0 Å². The molecule has 0 bridgehead atoms. The molecule has 0 spiro atoms. The molecule has 1 aromatic carbocycles. The zero-order valence-electron chi connectivity index (χ0n) is 12.1. The number of halogens is 2. The van der Waals surface area contributed by atoms with Crippen molar-refractivity contribution in [3.8, 4) is 0 Å². The van der Waals surface area contributed by atoms with Gasteiger partial charge in [0.2, 0.25) is 5.91 Å². The zero-order valence-corrected chi connectivity index (χ0v) is 12.9. The number of hydrogen-bond acceptors (Lipinski definition) is 4. The number of anilines is 1. The number of nitrogens with one attached hydrogen (secondary N) is 2. The largest absolute Gasteiger partial charge is 0.323 e. The van der Waals surface area contributed by atoms with Crippen LogP contribution in [0.3, 0.4) is 0 Å². The normalized spacial score (nSPS) is 11.2. The second-order valence-corrected chi connectivity index (χ2v) is 5.56. The predicted octanol–water partition coefficient (Wildman–Crippen LogP) is 3.16. The monoisotopic (exact) mass is 337 g/mol. The minimum atomic E-state index is -0.862. The Morgan fingerprint density at radius 2 is 2.04 bits per heavy atom. The summed E-state index contributed by atoms with van der Waals surface area (Å²) >= 11 is 1.27. The molecule has 0 atom stereocenters. The molecule has 0 saturated heterocycles. The molecule has 2 N–H and O–H groups in total. The molecule has 8 heteroatoms. The van der Waals surface area contributed by atoms with Crippen molar-refractivity contribution in [3.63, 3.8) is 0 Å². The quantitative estimate of drug-likeness (QED) is 0.650. The molecule has 0 aliphatic rings.